The molecule has 0 amide bonds. The number of aliphatic hydroxyl groups excluding tert-OH is 2. The molecule has 1 aliphatic heterocycles. The molecule has 0 spiro atoms. The van der Waals surface area contributed by atoms with Crippen molar-refractivity contribution in [2.45, 2.75) is 77.1 Å². The van der Waals surface area contributed by atoms with Crippen molar-refractivity contribution in [3.63, 3.8) is 0 Å². The highest BCUT2D eigenvalue weighted by atomic mass is 16.5. The maximum atomic E-state index is 11.0. The van der Waals surface area contributed by atoms with Gasteiger partial charge < -0.3 is 20.1 Å². The number of hydrogen-bond acceptors (Lipinski definition) is 4. The summed E-state index contributed by atoms with van der Waals surface area (Å²) in [4.78, 5) is 0. The van der Waals surface area contributed by atoms with Gasteiger partial charge in [-0.25, -0.2) is 0 Å². The molecule has 3 aliphatic rings. The van der Waals surface area contributed by atoms with E-state index in [-0.39, 0.29) is 34.5 Å². The summed E-state index contributed by atoms with van der Waals surface area (Å²) >= 11 is 0. The number of aliphatic hydroxyl groups is 2. The van der Waals surface area contributed by atoms with E-state index in [9.17, 15) is 15.3 Å². The summed E-state index contributed by atoms with van der Waals surface area (Å²) in [5, 5.41) is 32.6. The molecule has 1 saturated carbocycles. The second-order valence-corrected chi connectivity index (χ2v) is 9.09. The Morgan fingerprint density at radius 3 is 2.50 bits per heavy atom. The second kappa shape index (κ2) is 4.67. The zero-order chi connectivity index (χ0) is 17.6. The van der Waals surface area contributed by atoms with E-state index in [1.807, 2.05) is 19.9 Å². The van der Waals surface area contributed by atoms with Crippen molar-refractivity contribution in [2.75, 3.05) is 0 Å². The van der Waals surface area contributed by atoms with Crippen LogP contribution in [0.25, 0.3) is 0 Å². The number of phenolic OH excluding ortho intramolecular Hbond substituents is 1. The van der Waals surface area contributed by atoms with Crippen LogP contribution in [0.5, 0.6) is 11.5 Å². The second-order valence-electron chi connectivity index (χ2n) is 9.09. The zero-order valence-electron chi connectivity index (χ0n) is 15.1. The van der Waals surface area contributed by atoms with Crippen LogP contribution in [-0.2, 0) is 5.41 Å². The topological polar surface area (TPSA) is 69.9 Å². The van der Waals surface area contributed by atoms with Gasteiger partial charge in [0.25, 0.3) is 0 Å². The highest BCUT2D eigenvalue weighted by Gasteiger charge is 2.65. The number of hydrogen-bond donors (Lipinski definition) is 3. The molecule has 0 bridgehead atoms. The Bertz CT molecular complexity index is 708. The first-order valence-corrected chi connectivity index (χ1v) is 9.03. The molecule has 0 unspecified atom stereocenters. The molecule has 4 heteroatoms. The third-order valence-electron chi connectivity index (χ3n) is 6.93. The molecular weight excluding hydrogens is 304 g/mol. The lowest BCUT2D eigenvalue weighted by Gasteiger charge is -2.56. The average molecular weight is 332 g/mol. The van der Waals surface area contributed by atoms with Crippen LogP contribution >= 0.6 is 0 Å². The monoisotopic (exact) mass is 332 g/mol. The van der Waals surface area contributed by atoms with E-state index in [1.165, 1.54) is 0 Å². The molecule has 24 heavy (non-hydrogen) atoms. The molecule has 1 aromatic rings. The van der Waals surface area contributed by atoms with E-state index in [0.717, 1.165) is 29.5 Å². The van der Waals surface area contributed by atoms with Crippen molar-refractivity contribution in [3.05, 3.63) is 22.8 Å². The van der Waals surface area contributed by atoms with Gasteiger partial charge in [0, 0.05) is 22.5 Å². The lowest BCUT2D eigenvalue weighted by atomic mass is 9.48. The number of rotatable bonds is 1. The fourth-order valence-electron chi connectivity index (χ4n) is 5.83. The first kappa shape index (κ1) is 16.2. The van der Waals surface area contributed by atoms with E-state index in [4.69, 9.17) is 4.74 Å². The fourth-order valence-corrected chi connectivity index (χ4v) is 5.83. The Morgan fingerprint density at radius 2 is 1.88 bits per heavy atom. The maximum Gasteiger partial charge on any atom is 0.165 e. The predicted molar refractivity (Wildman–Crippen MR) is 91.4 cm³/mol. The van der Waals surface area contributed by atoms with Crippen molar-refractivity contribution >= 4 is 0 Å². The molecule has 2 aliphatic carbocycles. The van der Waals surface area contributed by atoms with Crippen molar-refractivity contribution in [1.29, 1.82) is 0 Å². The van der Waals surface area contributed by atoms with Crippen LogP contribution in [0.4, 0.5) is 0 Å². The van der Waals surface area contributed by atoms with Gasteiger partial charge >= 0.3 is 0 Å². The Kier molecular flexibility index (Phi) is 3.16. The summed E-state index contributed by atoms with van der Waals surface area (Å²) in [5.41, 5.74) is 1.96. The minimum atomic E-state index is -0.936. The van der Waals surface area contributed by atoms with Crippen molar-refractivity contribution in [3.8, 4) is 11.5 Å². The van der Waals surface area contributed by atoms with Crippen LogP contribution in [0.15, 0.2) is 6.07 Å². The number of phenols is 1. The van der Waals surface area contributed by atoms with Crippen LogP contribution in [0.2, 0.25) is 0 Å². The first-order chi connectivity index (χ1) is 11.1. The third-order valence-corrected chi connectivity index (χ3v) is 6.93. The first-order valence-electron chi connectivity index (χ1n) is 9.03. The van der Waals surface area contributed by atoms with Gasteiger partial charge in [-0.1, -0.05) is 34.6 Å². The Balaban J connectivity index is 2.04. The van der Waals surface area contributed by atoms with E-state index in [0.29, 0.717) is 5.75 Å². The van der Waals surface area contributed by atoms with Crippen LogP contribution in [0.3, 0.4) is 0 Å². The molecule has 3 N–H and O–H groups in total. The van der Waals surface area contributed by atoms with E-state index >= 15 is 0 Å². The molecule has 1 heterocycles. The van der Waals surface area contributed by atoms with Gasteiger partial charge in [-0.05, 0) is 35.8 Å². The highest BCUT2D eigenvalue weighted by molar-refractivity contribution is 5.64. The van der Waals surface area contributed by atoms with E-state index in [1.54, 1.807) is 0 Å². The van der Waals surface area contributed by atoms with Gasteiger partial charge in [0.2, 0.25) is 0 Å². The number of ether oxygens (including phenoxy) is 1. The fraction of sp³-hybridized carbons (Fsp3) is 0.700. The van der Waals surface area contributed by atoms with Gasteiger partial charge in [-0.2, -0.15) is 0 Å². The van der Waals surface area contributed by atoms with Gasteiger partial charge in [-0.3, -0.25) is 0 Å². The minimum Gasteiger partial charge on any atom is -0.504 e. The normalized spacial score (nSPS) is 38.8. The Hall–Kier alpha value is -1.26. The predicted octanol–water partition coefficient (Wildman–Crippen LogP) is 3.38. The molecular formula is C20H28O4. The third kappa shape index (κ3) is 1.71. The molecule has 132 valence electrons. The van der Waals surface area contributed by atoms with Crippen LogP contribution in [-0.4, -0.2) is 27.5 Å². The summed E-state index contributed by atoms with van der Waals surface area (Å²) in [6, 6.07) is 1.88. The van der Waals surface area contributed by atoms with Gasteiger partial charge in [0.05, 0.1) is 6.10 Å². The van der Waals surface area contributed by atoms with Crippen LogP contribution < -0.4 is 4.74 Å². The minimum absolute atomic E-state index is 0.0558. The summed E-state index contributed by atoms with van der Waals surface area (Å²) < 4.78 is 6.24. The summed E-state index contributed by atoms with van der Waals surface area (Å²) in [6.45, 7) is 10.5. The maximum absolute atomic E-state index is 11.0. The Morgan fingerprint density at radius 1 is 1.21 bits per heavy atom. The standard InChI is InChI=1S/C20H28O4/c1-9(2)10-8-11-13-17(15(10)22)24-12-6-7-19(3,4)18(20(12,13)5)16(23)14(11)21/h8-9,12,14,16,18,21-23H,6-7H2,1-5H3/t12-,14+,16-,18+,20-/m1/s1. The van der Waals surface area contributed by atoms with Crippen molar-refractivity contribution < 1.29 is 20.1 Å². The molecule has 0 radical (unpaired) electrons. The summed E-state index contributed by atoms with van der Waals surface area (Å²) in [5.74, 6) is 0.762. The van der Waals surface area contributed by atoms with Gasteiger partial charge in [-0.15, -0.1) is 0 Å². The molecule has 4 rings (SSSR count). The number of benzene rings is 1. The highest BCUT2D eigenvalue weighted by Crippen LogP contribution is 2.66. The lowest BCUT2D eigenvalue weighted by Crippen LogP contribution is -2.60. The smallest absolute Gasteiger partial charge is 0.165 e. The largest absolute Gasteiger partial charge is 0.504 e. The molecule has 1 aromatic carbocycles. The zero-order valence-corrected chi connectivity index (χ0v) is 15.1. The molecule has 0 saturated heterocycles. The lowest BCUT2D eigenvalue weighted by molar-refractivity contribution is -0.131. The molecule has 5 atom stereocenters. The molecule has 1 fully saturated rings. The van der Waals surface area contributed by atoms with Crippen LogP contribution in [0, 0.1) is 11.3 Å². The molecule has 4 nitrogen and oxygen atoms in total. The van der Waals surface area contributed by atoms with Crippen molar-refractivity contribution in [2.24, 2.45) is 11.3 Å². The van der Waals surface area contributed by atoms with Gasteiger partial charge in [0.15, 0.2) is 11.5 Å². The summed E-state index contributed by atoms with van der Waals surface area (Å²) in [7, 11) is 0. The molecule has 0 aromatic heterocycles. The SMILES string of the molecule is CC(C)c1cc2c3c(c1O)O[C@@H]1CCC(C)(C)[C@H]([C@H](O)[C@H]2O)[C@@]31C. The summed E-state index contributed by atoms with van der Waals surface area (Å²) in [6.07, 6.45) is 0.0183. The average Bonchev–Trinajstić information content (AvgIpc) is 2.78. The van der Waals surface area contributed by atoms with E-state index < -0.39 is 12.2 Å². The van der Waals surface area contributed by atoms with Crippen molar-refractivity contribution in [1.82, 2.24) is 0 Å². The van der Waals surface area contributed by atoms with Crippen LogP contribution in [0.1, 0.15) is 76.2 Å². The Labute approximate surface area is 143 Å². The quantitative estimate of drug-likeness (QED) is 0.737. The van der Waals surface area contributed by atoms with Gasteiger partial charge in [0.1, 0.15) is 12.2 Å². The number of aromatic hydroxyl groups is 1. The van der Waals surface area contributed by atoms with E-state index in [2.05, 4.69) is 20.8 Å².